The molecule has 0 radical (unpaired) electrons. The molecule has 0 N–H and O–H groups in total. The Hall–Kier alpha value is -0.795. The summed E-state index contributed by atoms with van der Waals surface area (Å²) in [5, 5.41) is 0. The topological polar surface area (TPSA) is 18.5 Å². The van der Waals surface area contributed by atoms with Crippen molar-refractivity contribution in [2.75, 3.05) is 0 Å². The van der Waals surface area contributed by atoms with Crippen molar-refractivity contribution in [1.82, 2.24) is 0 Å². The van der Waals surface area contributed by atoms with Gasteiger partial charge in [0.05, 0.1) is 11.2 Å². The second-order valence-electron chi connectivity index (χ2n) is 10.3. The fourth-order valence-corrected chi connectivity index (χ4v) is 4.20. The van der Waals surface area contributed by atoms with Crippen molar-refractivity contribution in [2.24, 2.45) is 5.41 Å². The molecule has 1 aromatic carbocycles. The van der Waals surface area contributed by atoms with Gasteiger partial charge in [-0.15, -0.1) is 0 Å². The first-order chi connectivity index (χ1) is 10.7. The maximum absolute atomic E-state index is 6.26. The zero-order chi connectivity index (χ0) is 18.3. The fraction of sp³-hybridized carbons (Fsp3) is 0.714. The summed E-state index contributed by atoms with van der Waals surface area (Å²) in [6.45, 7) is 22.7. The van der Waals surface area contributed by atoms with E-state index in [1.54, 1.807) is 0 Å². The maximum Gasteiger partial charge on any atom is 0.494 e. The monoisotopic (exact) mass is 328 g/mol. The summed E-state index contributed by atoms with van der Waals surface area (Å²) in [5.41, 5.74) is 3.84. The summed E-state index contributed by atoms with van der Waals surface area (Å²) in [6, 6.07) is 6.82. The second kappa shape index (κ2) is 4.68. The van der Waals surface area contributed by atoms with Crippen LogP contribution in [-0.2, 0) is 20.1 Å². The van der Waals surface area contributed by atoms with Gasteiger partial charge in [0, 0.05) is 0 Å². The zero-order valence-corrected chi connectivity index (χ0v) is 17.1. The molecule has 0 spiro atoms. The lowest BCUT2D eigenvalue weighted by Crippen LogP contribution is -2.42. The highest BCUT2D eigenvalue weighted by Gasteiger charge is 2.57. The lowest BCUT2D eigenvalue weighted by molar-refractivity contribution is 0.00578. The molecule has 2 aliphatic rings. The molecule has 1 fully saturated rings. The average Bonchev–Trinajstić information content (AvgIpc) is 2.71. The van der Waals surface area contributed by atoms with Gasteiger partial charge in [0.2, 0.25) is 0 Å². The van der Waals surface area contributed by atoms with E-state index in [0.717, 1.165) is 5.46 Å². The molecule has 0 bridgehead atoms. The van der Waals surface area contributed by atoms with E-state index in [4.69, 9.17) is 9.31 Å². The molecule has 1 aliphatic heterocycles. The molecule has 0 aromatic heterocycles. The molecule has 0 unspecified atom stereocenters. The van der Waals surface area contributed by atoms with Gasteiger partial charge in [0.1, 0.15) is 0 Å². The predicted octanol–water partition coefficient (Wildman–Crippen LogP) is 4.58. The summed E-state index contributed by atoms with van der Waals surface area (Å²) in [4.78, 5) is 0. The molecular weight excluding hydrogens is 295 g/mol. The van der Waals surface area contributed by atoms with Crippen LogP contribution < -0.4 is 5.46 Å². The molecule has 3 rings (SSSR count). The highest BCUT2D eigenvalue weighted by molar-refractivity contribution is 6.62. The maximum atomic E-state index is 6.26. The first-order valence-corrected chi connectivity index (χ1v) is 9.16. The van der Waals surface area contributed by atoms with Crippen LogP contribution in [0.2, 0.25) is 0 Å². The van der Waals surface area contributed by atoms with Crippen LogP contribution in [-0.4, -0.2) is 18.3 Å². The minimum atomic E-state index is -0.301. The molecule has 1 aliphatic carbocycles. The Morgan fingerprint density at radius 1 is 0.667 bits per heavy atom. The van der Waals surface area contributed by atoms with Gasteiger partial charge < -0.3 is 9.31 Å². The van der Waals surface area contributed by atoms with Crippen LogP contribution in [0, 0.1) is 5.41 Å². The largest absolute Gasteiger partial charge is 0.494 e. The molecule has 0 atom stereocenters. The van der Waals surface area contributed by atoms with Crippen molar-refractivity contribution < 1.29 is 9.31 Å². The van der Waals surface area contributed by atoms with E-state index < -0.39 is 0 Å². The predicted molar refractivity (Wildman–Crippen MR) is 102 cm³/mol. The van der Waals surface area contributed by atoms with Gasteiger partial charge in [0.25, 0.3) is 0 Å². The number of rotatable bonds is 1. The van der Waals surface area contributed by atoms with Crippen molar-refractivity contribution in [3.05, 3.63) is 29.3 Å². The Morgan fingerprint density at radius 2 is 1.12 bits per heavy atom. The number of hydrogen-bond acceptors (Lipinski definition) is 2. The van der Waals surface area contributed by atoms with Gasteiger partial charge in [-0.2, -0.15) is 0 Å². The summed E-state index contributed by atoms with van der Waals surface area (Å²) in [5.74, 6) is 0. The van der Waals surface area contributed by atoms with E-state index in [0.29, 0.717) is 0 Å². The molecule has 3 heteroatoms. The van der Waals surface area contributed by atoms with Crippen molar-refractivity contribution >= 4 is 12.6 Å². The van der Waals surface area contributed by atoms with E-state index in [2.05, 4.69) is 87.4 Å². The first-order valence-electron chi connectivity index (χ1n) is 9.16. The van der Waals surface area contributed by atoms with Crippen molar-refractivity contribution in [1.29, 1.82) is 0 Å². The van der Waals surface area contributed by atoms with Crippen LogP contribution in [0.5, 0.6) is 0 Å². The molecule has 0 amide bonds. The molecular formula is C21H33BO2. The molecule has 2 nitrogen and oxygen atoms in total. The quantitative estimate of drug-likeness (QED) is 0.703. The summed E-state index contributed by atoms with van der Waals surface area (Å²) in [6.07, 6.45) is 0. The van der Waals surface area contributed by atoms with Gasteiger partial charge in [-0.1, -0.05) is 59.7 Å². The van der Waals surface area contributed by atoms with Crippen LogP contribution in [0.1, 0.15) is 80.4 Å². The summed E-state index contributed by atoms with van der Waals surface area (Å²) < 4.78 is 12.5. The van der Waals surface area contributed by atoms with E-state index in [9.17, 15) is 0 Å². The minimum Gasteiger partial charge on any atom is -0.399 e. The minimum absolute atomic E-state index is 0.103. The van der Waals surface area contributed by atoms with Crippen molar-refractivity contribution in [3.63, 3.8) is 0 Å². The van der Waals surface area contributed by atoms with Crippen molar-refractivity contribution in [3.8, 4) is 0 Å². The van der Waals surface area contributed by atoms with E-state index in [-0.39, 0.29) is 34.6 Å². The number of hydrogen-bond donors (Lipinski definition) is 0. The number of benzene rings is 1. The average molecular weight is 328 g/mol. The van der Waals surface area contributed by atoms with Crippen LogP contribution in [0.25, 0.3) is 0 Å². The van der Waals surface area contributed by atoms with E-state index >= 15 is 0 Å². The molecule has 0 saturated carbocycles. The standard InChI is InChI=1S/C21H33BO2/c1-17(2)15-12-11-14(13-16(15)18(3,4)19(17,5)6)22-23-20(7,8)21(9,10)24-22/h11-13H,1-10H3. The Balaban J connectivity index is 2.07. The van der Waals surface area contributed by atoms with E-state index in [1.165, 1.54) is 11.1 Å². The molecule has 1 aromatic rings. The summed E-state index contributed by atoms with van der Waals surface area (Å²) in [7, 11) is -0.289. The smallest absolute Gasteiger partial charge is 0.399 e. The Labute approximate surface area is 148 Å². The van der Waals surface area contributed by atoms with Gasteiger partial charge in [0.15, 0.2) is 0 Å². The van der Waals surface area contributed by atoms with Crippen LogP contribution in [0.4, 0.5) is 0 Å². The zero-order valence-electron chi connectivity index (χ0n) is 17.1. The van der Waals surface area contributed by atoms with Gasteiger partial charge in [-0.05, 0) is 60.5 Å². The van der Waals surface area contributed by atoms with Crippen LogP contribution in [0.3, 0.4) is 0 Å². The van der Waals surface area contributed by atoms with Gasteiger partial charge >= 0.3 is 7.12 Å². The normalized spacial score (nSPS) is 28.0. The highest BCUT2D eigenvalue weighted by atomic mass is 16.7. The molecule has 1 heterocycles. The number of fused-ring (bicyclic) bond motifs is 1. The SMILES string of the molecule is CC1(C)OB(c2ccc3c(c2)C(C)(C)C(C)(C)C3(C)C)OC1(C)C. The van der Waals surface area contributed by atoms with Crippen molar-refractivity contribution in [2.45, 2.75) is 91.3 Å². The van der Waals surface area contributed by atoms with Crippen LogP contribution >= 0.6 is 0 Å². The Morgan fingerprint density at radius 3 is 1.62 bits per heavy atom. The molecule has 1 saturated heterocycles. The third-order valence-electron chi connectivity index (χ3n) is 8.04. The third-order valence-corrected chi connectivity index (χ3v) is 8.04. The Kier molecular flexibility index (Phi) is 3.51. The highest BCUT2D eigenvalue weighted by Crippen LogP contribution is 2.61. The first kappa shape index (κ1) is 18.0. The molecule has 24 heavy (non-hydrogen) atoms. The van der Waals surface area contributed by atoms with Gasteiger partial charge in [-0.3, -0.25) is 0 Å². The lowest BCUT2D eigenvalue weighted by atomic mass is 9.59. The Bertz CT molecular complexity index is 667. The van der Waals surface area contributed by atoms with Crippen LogP contribution in [0.15, 0.2) is 18.2 Å². The third kappa shape index (κ3) is 2.04. The van der Waals surface area contributed by atoms with Gasteiger partial charge in [-0.25, -0.2) is 0 Å². The second-order valence-corrected chi connectivity index (χ2v) is 10.3. The lowest BCUT2D eigenvalue weighted by Gasteiger charge is -2.44. The molecule has 132 valence electrons. The fourth-order valence-electron chi connectivity index (χ4n) is 4.20. The summed E-state index contributed by atoms with van der Waals surface area (Å²) >= 11 is 0. The van der Waals surface area contributed by atoms with E-state index in [1.807, 2.05) is 0 Å².